The van der Waals surface area contributed by atoms with E-state index >= 15 is 0 Å². The van der Waals surface area contributed by atoms with Crippen molar-refractivity contribution in [2.24, 2.45) is 5.14 Å². The number of nitrogens with two attached hydrogens (primary N) is 1. The number of amides is 1. The number of aromatic nitrogens is 2. The number of ether oxygens (including phenoxy) is 1. The molecule has 3 N–H and O–H groups in total. The zero-order chi connectivity index (χ0) is 24.3. The lowest BCUT2D eigenvalue weighted by molar-refractivity contribution is -0.119. The molecular weight excluding hydrogens is 476 g/mol. The molecule has 0 fully saturated rings. The summed E-state index contributed by atoms with van der Waals surface area (Å²) in [5, 5.41) is 14.1. The molecule has 174 valence electrons. The number of benzene rings is 2. The fraction of sp³-hybridized carbons (Fsp3) is 0.0870. The highest BCUT2D eigenvalue weighted by atomic mass is 32.2. The van der Waals surface area contributed by atoms with E-state index in [0.717, 1.165) is 10.6 Å². The predicted octanol–water partition coefficient (Wildman–Crippen LogP) is 3.35. The number of aryl methyl sites for hydroxylation is 1. The molecule has 1 amide bonds. The summed E-state index contributed by atoms with van der Waals surface area (Å²) in [5.74, 6) is -1.35. The van der Waals surface area contributed by atoms with Crippen LogP contribution in [0.3, 0.4) is 0 Å². The van der Waals surface area contributed by atoms with Gasteiger partial charge in [-0.25, -0.2) is 23.0 Å². The summed E-state index contributed by atoms with van der Waals surface area (Å²) in [4.78, 5) is 25.9. The van der Waals surface area contributed by atoms with E-state index in [1.807, 2.05) is 47.8 Å². The smallest absolute Gasteiger partial charge is 0.342 e. The number of carbonyl (C=O) groups is 2. The van der Waals surface area contributed by atoms with Gasteiger partial charge >= 0.3 is 5.97 Å². The first-order valence-corrected chi connectivity index (χ1v) is 12.4. The first kappa shape index (κ1) is 23.4. The van der Waals surface area contributed by atoms with Crippen LogP contribution in [0.2, 0.25) is 0 Å². The Kier molecular flexibility index (Phi) is 6.59. The van der Waals surface area contributed by atoms with Gasteiger partial charge in [0.2, 0.25) is 10.0 Å². The van der Waals surface area contributed by atoms with Gasteiger partial charge in [0, 0.05) is 11.9 Å². The van der Waals surface area contributed by atoms with Crippen molar-refractivity contribution in [3.8, 4) is 16.3 Å². The summed E-state index contributed by atoms with van der Waals surface area (Å²) in [7, 11) is -3.95. The number of esters is 1. The molecular formula is C23H20N4O5S2. The molecule has 4 rings (SSSR count). The van der Waals surface area contributed by atoms with Crippen LogP contribution in [0.25, 0.3) is 16.3 Å². The van der Waals surface area contributed by atoms with Gasteiger partial charge in [0.25, 0.3) is 5.91 Å². The molecule has 0 spiro atoms. The summed E-state index contributed by atoms with van der Waals surface area (Å²) in [6.45, 7) is 1.02. The number of nitrogens with one attached hydrogen (secondary N) is 1. The van der Waals surface area contributed by atoms with Gasteiger partial charge < -0.3 is 10.1 Å². The molecule has 9 nitrogen and oxygen atoms in total. The standard InChI is InChI=1S/C23H20N4O5S2/c1-15-9-10-16(12-20(15)34(24,30)31)25-21(28)14-32-23(29)18-13-27(17-6-3-2-4-7-17)26-22(18)19-8-5-11-33-19/h2-13H,14H2,1H3,(H,25,28)(H2,24,30,31). The molecule has 0 aliphatic rings. The Morgan fingerprint density at radius 3 is 2.56 bits per heavy atom. The highest BCUT2D eigenvalue weighted by Crippen LogP contribution is 2.28. The van der Waals surface area contributed by atoms with Gasteiger partial charge in [0.1, 0.15) is 11.3 Å². The number of anilines is 1. The van der Waals surface area contributed by atoms with Crippen LogP contribution in [0.4, 0.5) is 5.69 Å². The summed E-state index contributed by atoms with van der Waals surface area (Å²) in [6.07, 6.45) is 1.56. The molecule has 34 heavy (non-hydrogen) atoms. The molecule has 4 aromatic rings. The second-order valence-corrected chi connectivity index (χ2v) is 9.78. The van der Waals surface area contributed by atoms with Gasteiger partial charge in [-0.3, -0.25) is 4.79 Å². The fourth-order valence-electron chi connectivity index (χ4n) is 3.22. The Morgan fingerprint density at radius 2 is 1.88 bits per heavy atom. The molecule has 0 saturated heterocycles. The van der Waals surface area contributed by atoms with E-state index < -0.39 is 28.5 Å². The summed E-state index contributed by atoms with van der Waals surface area (Å²) >= 11 is 1.42. The number of primary sulfonamides is 1. The van der Waals surface area contributed by atoms with Crippen LogP contribution in [0.15, 0.2) is 77.1 Å². The minimum Gasteiger partial charge on any atom is -0.452 e. The van der Waals surface area contributed by atoms with Crippen LogP contribution >= 0.6 is 11.3 Å². The molecule has 0 aliphatic heterocycles. The minimum atomic E-state index is -3.95. The third-order valence-corrected chi connectivity index (χ3v) is 6.75. The van der Waals surface area contributed by atoms with Crippen molar-refractivity contribution in [3.63, 3.8) is 0 Å². The van der Waals surface area contributed by atoms with E-state index in [0.29, 0.717) is 11.3 Å². The third kappa shape index (κ3) is 5.22. The maximum absolute atomic E-state index is 12.8. The van der Waals surface area contributed by atoms with Crippen molar-refractivity contribution < 1.29 is 22.7 Å². The number of hydrogen-bond acceptors (Lipinski definition) is 7. The first-order valence-electron chi connectivity index (χ1n) is 10.0. The van der Waals surface area contributed by atoms with Gasteiger partial charge in [-0.2, -0.15) is 5.10 Å². The largest absolute Gasteiger partial charge is 0.452 e. The Hall–Kier alpha value is -3.80. The lowest BCUT2D eigenvalue weighted by atomic mass is 10.2. The van der Waals surface area contributed by atoms with Gasteiger partial charge in [-0.1, -0.05) is 30.3 Å². The second kappa shape index (κ2) is 9.59. The van der Waals surface area contributed by atoms with Crippen molar-refractivity contribution in [2.45, 2.75) is 11.8 Å². The van der Waals surface area contributed by atoms with Crippen LogP contribution < -0.4 is 10.5 Å². The molecule has 0 radical (unpaired) electrons. The molecule has 11 heteroatoms. The average Bonchev–Trinajstić information content (AvgIpc) is 3.49. The van der Waals surface area contributed by atoms with Crippen LogP contribution in [-0.4, -0.2) is 36.7 Å². The number of carbonyl (C=O) groups excluding carboxylic acids is 2. The fourth-order valence-corrected chi connectivity index (χ4v) is 4.75. The molecule has 2 heterocycles. The summed E-state index contributed by atoms with van der Waals surface area (Å²) < 4.78 is 30.2. The van der Waals surface area contributed by atoms with Crippen LogP contribution in [0, 0.1) is 6.92 Å². The van der Waals surface area contributed by atoms with Crippen molar-refractivity contribution in [1.82, 2.24) is 9.78 Å². The lowest BCUT2D eigenvalue weighted by Crippen LogP contribution is -2.21. The monoisotopic (exact) mass is 496 g/mol. The SMILES string of the molecule is Cc1ccc(NC(=O)COC(=O)c2cn(-c3ccccc3)nc2-c2cccs2)cc1S(N)(=O)=O. The zero-order valence-corrected chi connectivity index (χ0v) is 19.6. The van der Waals surface area contributed by atoms with Gasteiger partial charge in [-0.15, -0.1) is 11.3 Å². The van der Waals surface area contributed by atoms with E-state index in [9.17, 15) is 18.0 Å². The van der Waals surface area contributed by atoms with E-state index in [4.69, 9.17) is 9.88 Å². The molecule has 0 aliphatic carbocycles. The van der Waals surface area contributed by atoms with E-state index in [-0.39, 0.29) is 16.1 Å². The van der Waals surface area contributed by atoms with E-state index in [1.165, 1.54) is 29.5 Å². The van der Waals surface area contributed by atoms with Gasteiger partial charge in [0.15, 0.2) is 6.61 Å². The maximum Gasteiger partial charge on any atom is 0.342 e. The number of para-hydroxylation sites is 1. The number of thiophene rings is 1. The molecule has 0 unspecified atom stereocenters. The maximum atomic E-state index is 12.8. The summed E-state index contributed by atoms with van der Waals surface area (Å²) in [6, 6.07) is 17.3. The van der Waals surface area contributed by atoms with Crippen LogP contribution in [-0.2, 0) is 19.6 Å². The van der Waals surface area contributed by atoms with Crippen LogP contribution in [0.5, 0.6) is 0 Å². The average molecular weight is 497 g/mol. The normalized spacial score (nSPS) is 11.2. The Balaban J connectivity index is 1.50. The van der Waals surface area contributed by atoms with E-state index in [2.05, 4.69) is 10.4 Å². The summed E-state index contributed by atoms with van der Waals surface area (Å²) in [5.41, 5.74) is 2.09. The molecule has 2 aromatic carbocycles. The van der Waals surface area contributed by atoms with Gasteiger partial charge in [0.05, 0.1) is 15.5 Å². The molecule has 2 aromatic heterocycles. The van der Waals surface area contributed by atoms with Gasteiger partial charge in [-0.05, 0) is 48.2 Å². The van der Waals surface area contributed by atoms with E-state index in [1.54, 1.807) is 17.8 Å². The number of nitrogens with zero attached hydrogens (tertiary/aromatic N) is 2. The lowest BCUT2D eigenvalue weighted by Gasteiger charge is -2.09. The number of sulfonamides is 1. The highest BCUT2D eigenvalue weighted by Gasteiger charge is 2.22. The topological polar surface area (TPSA) is 133 Å². The zero-order valence-electron chi connectivity index (χ0n) is 18.0. The number of hydrogen-bond donors (Lipinski definition) is 2. The number of rotatable bonds is 7. The molecule has 0 saturated carbocycles. The predicted molar refractivity (Wildman–Crippen MR) is 128 cm³/mol. The highest BCUT2D eigenvalue weighted by molar-refractivity contribution is 7.89. The third-order valence-electron chi connectivity index (χ3n) is 4.82. The molecule has 0 atom stereocenters. The van der Waals surface area contributed by atoms with Crippen molar-refractivity contribution in [1.29, 1.82) is 0 Å². The quantitative estimate of drug-likeness (QED) is 0.377. The molecule has 0 bridgehead atoms. The Bertz CT molecular complexity index is 1450. The Morgan fingerprint density at radius 1 is 1.12 bits per heavy atom. The van der Waals surface area contributed by atoms with Crippen molar-refractivity contribution in [2.75, 3.05) is 11.9 Å². The van der Waals surface area contributed by atoms with Crippen LogP contribution in [0.1, 0.15) is 15.9 Å². The minimum absolute atomic E-state index is 0.101. The first-order chi connectivity index (χ1) is 16.2. The van der Waals surface area contributed by atoms with Crippen molar-refractivity contribution in [3.05, 3.63) is 83.4 Å². The second-order valence-electron chi connectivity index (χ2n) is 7.30. The van der Waals surface area contributed by atoms with Crippen molar-refractivity contribution >= 4 is 38.9 Å². The Labute approximate surface area is 199 Å².